The van der Waals surface area contributed by atoms with E-state index >= 15 is 0 Å². The minimum atomic E-state index is 0.0438. The van der Waals surface area contributed by atoms with Crippen molar-refractivity contribution in [3.05, 3.63) is 0 Å². The number of unbranched alkanes of at least 4 members (excludes halogenated alkanes) is 1. The monoisotopic (exact) mass is 200 g/mol. The average molecular weight is 200 g/mol. The summed E-state index contributed by atoms with van der Waals surface area (Å²) in [6.45, 7) is 0.842. The Labute approximate surface area is 84.9 Å². The molecule has 1 rings (SSSR count). The molecule has 1 fully saturated rings. The lowest BCUT2D eigenvalue weighted by molar-refractivity contribution is -0.121. The van der Waals surface area contributed by atoms with Crippen molar-refractivity contribution in [2.75, 3.05) is 13.2 Å². The van der Waals surface area contributed by atoms with E-state index in [1.54, 1.807) is 0 Å². The molecule has 1 saturated carbocycles. The fourth-order valence-electron chi connectivity index (χ4n) is 1.44. The van der Waals surface area contributed by atoms with Gasteiger partial charge in [0.2, 0.25) is 5.91 Å². The molecule has 0 radical (unpaired) electrons. The van der Waals surface area contributed by atoms with E-state index < -0.39 is 0 Å². The van der Waals surface area contributed by atoms with Crippen molar-refractivity contribution >= 4 is 5.91 Å². The van der Waals surface area contributed by atoms with Crippen LogP contribution in [0, 0.1) is 5.92 Å². The van der Waals surface area contributed by atoms with E-state index in [1.807, 2.05) is 0 Å². The van der Waals surface area contributed by atoms with Gasteiger partial charge in [-0.05, 0) is 31.6 Å². The van der Waals surface area contributed by atoms with E-state index in [0.29, 0.717) is 18.9 Å². The second-order valence-corrected chi connectivity index (χ2v) is 3.99. The number of carbonyl (C=O) groups excluding carboxylic acids is 1. The SMILES string of the molecule is NC(CC(=O)NCCCCO)C1CC1. The van der Waals surface area contributed by atoms with Gasteiger partial charge in [-0.3, -0.25) is 4.79 Å². The molecule has 4 nitrogen and oxygen atoms in total. The summed E-state index contributed by atoms with van der Waals surface area (Å²) in [5.74, 6) is 0.625. The minimum Gasteiger partial charge on any atom is -0.396 e. The predicted molar refractivity (Wildman–Crippen MR) is 54.6 cm³/mol. The Morgan fingerprint density at radius 3 is 2.79 bits per heavy atom. The summed E-state index contributed by atoms with van der Waals surface area (Å²) in [6, 6.07) is 0.0489. The molecule has 0 spiro atoms. The number of nitrogens with one attached hydrogen (secondary N) is 1. The van der Waals surface area contributed by atoms with Crippen LogP contribution in [0.25, 0.3) is 0 Å². The maximum Gasteiger partial charge on any atom is 0.221 e. The summed E-state index contributed by atoms with van der Waals surface area (Å²) in [5.41, 5.74) is 5.81. The van der Waals surface area contributed by atoms with Crippen LogP contribution in [0.2, 0.25) is 0 Å². The summed E-state index contributed by atoms with van der Waals surface area (Å²) in [7, 11) is 0. The average Bonchev–Trinajstić information content (AvgIpc) is 2.95. The van der Waals surface area contributed by atoms with Gasteiger partial charge in [-0.15, -0.1) is 0 Å². The molecule has 0 bridgehead atoms. The third-order valence-electron chi connectivity index (χ3n) is 2.56. The molecule has 4 heteroatoms. The van der Waals surface area contributed by atoms with Gasteiger partial charge in [-0.25, -0.2) is 0 Å². The Morgan fingerprint density at radius 1 is 1.50 bits per heavy atom. The van der Waals surface area contributed by atoms with Crippen LogP contribution in [0.3, 0.4) is 0 Å². The molecule has 1 unspecified atom stereocenters. The first kappa shape index (κ1) is 11.5. The van der Waals surface area contributed by atoms with Crippen LogP contribution in [0.1, 0.15) is 32.1 Å². The second kappa shape index (κ2) is 5.98. The highest BCUT2D eigenvalue weighted by molar-refractivity contribution is 5.76. The first-order valence-corrected chi connectivity index (χ1v) is 5.37. The van der Waals surface area contributed by atoms with Crippen molar-refractivity contribution in [1.29, 1.82) is 0 Å². The molecular weight excluding hydrogens is 180 g/mol. The largest absolute Gasteiger partial charge is 0.396 e. The lowest BCUT2D eigenvalue weighted by Gasteiger charge is -2.09. The first-order chi connectivity index (χ1) is 6.74. The van der Waals surface area contributed by atoms with E-state index in [2.05, 4.69) is 5.32 Å². The van der Waals surface area contributed by atoms with Crippen LogP contribution < -0.4 is 11.1 Å². The van der Waals surface area contributed by atoms with Gasteiger partial charge < -0.3 is 16.2 Å². The lowest BCUT2D eigenvalue weighted by atomic mass is 10.1. The Morgan fingerprint density at radius 2 is 2.21 bits per heavy atom. The molecule has 0 aliphatic heterocycles. The van der Waals surface area contributed by atoms with Crippen LogP contribution in [0.4, 0.5) is 0 Å². The third-order valence-corrected chi connectivity index (χ3v) is 2.56. The predicted octanol–water partition coefficient (Wildman–Crippen LogP) is 0.00250. The summed E-state index contributed by atoms with van der Waals surface area (Å²) >= 11 is 0. The van der Waals surface area contributed by atoms with Gasteiger partial charge in [-0.2, -0.15) is 0 Å². The number of hydrogen-bond acceptors (Lipinski definition) is 3. The molecular formula is C10H20N2O2. The second-order valence-electron chi connectivity index (χ2n) is 3.99. The highest BCUT2D eigenvalue weighted by atomic mass is 16.2. The van der Waals surface area contributed by atoms with Crippen LogP contribution in [-0.2, 0) is 4.79 Å². The summed E-state index contributed by atoms with van der Waals surface area (Å²) in [5, 5.41) is 11.3. The number of aliphatic hydroxyl groups is 1. The molecule has 1 atom stereocenters. The molecule has 0 heterocycles. The van der Waals surface area contributed by atoms with Gasteiger partial charge in [0.25, 0.3) is 0 Å². The molecule has 1 aliphatic rings. The molecule has 4 N–H and O–H groups in total. The number of nitrogens with two attached hydrogens (primary N) is 1. The zero-order valence-corrected chi connectivity index (χ0v) is 8.54. The quantitative estimate of drug-likeness (QED) is 0.506. The Bertz CT molecular complexity index is 181. The maximum atomic E-state index is 11.3. The van der Waals surface area contributed by atoms with Crippen LogP contribution in [0.15, 0.2) is 0 Å². The minimum absolute atomic E-state index is 0.0438. The molecule has 82 valence electrons. The highest BCUT2D eigenvalue weighted by Crippen LogP contribution is 2.32. The van der Waals surface area contributed by atoms with Crippen molar-refractivity contribution in [1.82, 2.24) is 5.32 Å². The Hall–Kier alpha value is -0.610. The van der Waals surface area contributed by atoms with Gasteiger partial charge in [0, 0.05) is 25.6 Å². The smallest absolute Gasteiger partial charge is 0.221 e. The molecule has 0 aromatic rings. The van der Waals surface area contributed by atoms with Crippen LogP contribution in [0.5, 0.6) is 0 Å². The van der Waals surface area contributed by atoms with Crippen molar-refractivity contribution in [3.63, 3.8) is 0 Å². The molecule has 1 amide bonds. The Kier molecular flexibility index (Phi) is 4.90. The summed E-state index contributed by atoms with van der Waals surface area (Å²) in [4.78, 5) is 11.3. The summed E-state index contributed by atoms with van der Waals surface area (Å²) in [6.07, 6.45) is 4.39. The molecule has 0 saturated heterocycles. The first-order valence-electron chi connectivity index (χ1n) is 5.37. The molecule has 0 aromatic carbocycles. The van der Waals surface area contributed by atoms with Gasteiger partial charge in [0.05, 0.1) is 0 Å². The highest BCUT2D eigenvalue weighted by Gasteiger charge is 2.29. The van der Waals surface area contributed by atoms with Crippen molar-refractivity contribution in [2.45, 2.75) is 38.1 Å². The van der Waals surface area contributed by atoms with Crippen molar-refractivity contribution in [3.8, 4) is 0 Å². The fraction of sp³-hybridized carbons (Fsp3) is 0.900. The zero-order valence-electron chi connectivity index (χ0n) is 8.54. The van der Waals surface area contributed by atoms with Crippen molar-refractivity contribution < 1.29 is 9.90 Å². The number of carbonyl (C=O) groups is 1. The number of rotatable bonds is 7. The van der Waals surface area contributed by atoms with Gasteiger partial charge in [0.15, 0.2) is 0 Å². The van der Waals surface area contributed by atoms with E-state index in [-0.39, 0.29) is 18.6 Å². The van der Waals surface area contributed by atoms with Crippen LogP contribution in [-0.4, -0.2) is 30.2 Å². The van der Waals surface area contributed by atoms with E-state index in [0.717, 1.165) is 12.8 Å². The standard InChI is InChI=1S/C10H20N2O2/c11-9(8-3-4-8)7-10(14)12-5-1-2-6-13/h8-9,13H,1-7,11H2,(H,12,14). The number of amides is 1. The van der Waals surface area contributed by atoms with Gasteiger partial charge in [-0.1, -0.05) is 0 Å². The van der Waals surface area contributed by atoms with Crippen LogP contribution >= 0.6 is 0 Å². The van der Waals surface area contributed by atoms with E-state index in [1.165, 1.54) is 12.8 Å². The third kappa shape index (κ3) is 4.58. The van der Waals surface area contributed by atoms with Crippen molar-refractivity contribution in [2.24, 2.45) is 11.7 Å². The molecule has 14 heavy (non-hydrogen) atoms. The van der Waals surface area contributed by atoms with E-state index in [9.17, 15) is 4.79 Å². The van der Waals surface area contributed by atoms with Gasteiger partial charge in [0.1, 0.15) is 0 Å². The normalized spacial score (nSPS) is 17.9. The molecule has 0 aromatic heterocycles. The zero-order chi connectivity index (χ0) is 10.4. The maximum absolute atomic E-state index is 11.3. The van der Waals surface area contributed by atoms with Gasteiger partial charge >= 0.3 is 0 Å². The summed E-state index contributed by atoms with van der Waals surface area (Å²) < 4.78 is 0. The Balaban J connectivity index is 1.97. The lowest BCUT2D eigenvalue weighted by Crippen LogP contribution is -2.33. The fourth-order valence-corrected chi connectivity index (χ4v) is 1.44. The molecule has 1 aliphatic carbocycles. The topological polar surface area (TPSA) is 75.4 Å². The van der Waals surface area contributed by atoms with E-state index in [4.69, 9.17) is 10.8 Å². The number of aliphatic hydroxyl groups excluding tert-OH is 1. The number of hydrogen-bond donors (Lipinski definition) is 3.